The van der Waals surface area contributed by atoms with E-state index in [1.54, 1.807) is 30.6 Å². The highest BCUT2D eigenvalue weighted by Gasteiger charge is 2.38. The lowest BCUT2D eigenvalue weighted by atomic mass is 10.0. The van der Waals surface area contributed by atoms with Crippen molar-refractivity contribution in [3.8, 4) is 6.07 Å². The van der Waals surface area contributed by atoms with Crippen LogP contribution < -0.4 is 15.5 Å². The second-order valence-corrected chi connectivity index (χ2v) is 8.15. The van der Waals surface area contributed by atoms with Crippen LogP contribution in [-0.2, 0) is 9.59 Å². The van der Waals surface area contributed by atoms with Gasteiger partial charge in [-0.2, -0.15) is 18.4 Å². The number of piperidine rings is 1. The van der Waals surface area contributed by atoms with Crippen LogP contribution in [0.15, 0.2) is 67.1 Å². The maximum Gasteiger partial charge on any atom is 0.490 e. The summed E-state index contributed by atoms with van der Waals surface area (Å²) in [4.78, 5) is 37.1. The zero-order chi connectivity index (χ0) is 27.5. The number of anilines is 2. The van der Waals surface area contributed by atoms with Gasteiger partial charge < -0.3 is 20.6 Å². The summed E-state index contributed by atoms with van der Waals surface area (Å²) in [7, 11) is 0. The molecule has 1 atom stereocenters. The number of benzene rings is 1. The fourth-order valence-corrected chi connectivity index (χ4v) is 3.60. The third-order valence-corrected chi connectivity index (χ3v) is 5.50. The van der Waals surface area contributed by atoms with Crippen LogP contribution in [0.4, 0.5) is 24.9 Å². The Hall–Kier alpha value is -4.73. The fourth-order valence-electron chi connectivity index (χ4n) is 3.60. The van der Waals surface area contributed by atoms with Crippen molar-refractivity contribution in [3.05, 3.63) is 78.2 Å². The molecule has 1 amide bonds. The predicted octanol–water partition coefficient (Wildman–Crippen LogP) is 3.31. The monoisotopic (exact) mass is 527 g/mol. The highest BCUT2D eigenvalue weighted by molar-refractivity contribution is 5.86. The second-order valence-electron chi connectivity index (χ2n) is 8.15. The minimum absolute atomic E-state index is 0.0781. The van der Waals surface area contributed by atoms with Gasteiger partial charge in [0, 0.05) is 37.7 Å². The summed E-state index contributed by atoms with van der Waals surface area (Å²) in [6.07, 6.45) is 1.53. The lowest BCUT2D eigenvalue weighted by Crippen LogP contribution is -2.47. The van der Waals surface area contributed by atoms with E-state index in [-0.39, 0.29) is 11.9 Å². The van der Waals surface area contributed by atoms with E-state index >= 15 is 0 Å². The Morgan fingerprint density at radius 1 is 1.03 bits per heavy atom. The molecule has 3 aromatic rings. The molecule has 1 unspecified atom stereocenters. The number of alkyl halides is 3. The normalized spacial score (nSPS) is 14.3. The summed E-state index contributed by atoms with van der Waals surface area (Å²) in [5.41, 5.74) is 1.32. The largest absolute Gasteiger partial charge is 0.490 e. The summed E-state index contributed by atoms with van der Waals surface area (Å²) >= 11 is 0. The molecule has 1 fully saturated rings. The highest BCUT2D eigenvalue weighted by atomic mass is 19.4. The van der Waals surface area contributed by atoms with Gasteiger partial charge in [0.1, 0.15) is 17.9 Å². The Labute approximate surface area is 216 Å². The molecule has 4 rings (SSSR count). The molecule has 38 heavy (non-hydrogen) atoms. The topological polar surface area (TPSA) is 144 Å². The Morgan fingerprint density at radius 3 is 2.18 bits per heavy atom. The summed E-state index contributed by atoms with van der Waals surface area (Å²) < 4.78 is 31.7. The van der Waals surface area contributed by atoms with Crippen molar-refractivity contribution in [1.29, 1.82) is 5.26 Å². The van der Waals surface area contributed by atoms with Gasteiger partial charge in [-0.15, -0.1) is 0 Å². The number of nitrogens with one attached hydrogen (secondary N) is 2. The van der Waals surface area contributed by atoms with Crippen molar-refractivity contribution < 1.29 is 27.9 Å². The summed E-state index contributed by atoms with van der Waals surface area (Å²) in [6.45, 7) is 1.57. The maximum absolute atomic E-state index is 13.2. The van der Waals surface area contributed by atoms with E-state index < -0.39 is 18.2 Å². The number of aromatic nitrogens is 3. The third kappa shape index (κ3) is 8.16. The number of rotatable bonds is 6. The van der Waals surface area contributed by atoms with Crippen molar-refractivity contribution in [2.45, 2.75) is 31.1 Å². The van der Waals surface area contributed by atoms with E-state index in [1.807, 2.05) is 36.4 Å². The van der Waals surface area contributed by atoms with Crippen molar-refractivity contribution in [2.75, 3.05) is 23.3 Å². The first-order valence-corrected chi connectivity index (χ1v) is 11.5. The molecule has 1 saturated heterocycles. The van der Waals surface area contributed by atoms with Gasteiger partial charge in [0.25, 0.3) is 0 Å². The molecule has 13 heteroatoms. The molecule has 0 radical (unpaired) electrons. The second kappa shape index (κ2) is 13.0. The summed E-state index contributed by atoms with van der Waals surface area (Å²) in [5, 5.41) is 22.5. The SMILES string of the molecule is N#Cc1ccc(NC(C(=O)NC2CCN(c3ncccn3)CC2)c2ccccc2)nc1.O=C(O)C(F)(F)F. The van der Waals surface area contributed by atoms with Crippen LogP contribution in [-0.4, -0.2) is 57.2 Å². The predicted molar refractivity (Wildman–Crippen MR) is 131 cm³/mol. The van der Waals surface area contributed by atoms with Crippen LogP contribution in [0.25, 0.3) is 0 Å². The molecule has 0 bridgehead atoms. The molecule has 0 aliphatic carbocycles. The minimum Gasteiger partial charge on any atom is -0.475 e. The molecule has 10 nitrogen and oxygen atoms in total. The number of nitriles is 1. The molecule has 1 aliphatic rings. The number of amides is 1. The van der Waals surface area contributed by atoms with Crippen LogP contribution in [0.1, 0.15) is 30.0 Å². The van der Waals surface area contributed by atoms with Crippen LogP contribution >= 0.6 is 0 Å². The van der Waals surface area contributed by atoms with Crippen molar-refractivity contribution in [2.24, 2.45) is 0 Å². The molecule has 1 aromatic carbocycles. The first-order valence-electron chi connectivity index (χ1n) is 11.5. The van der Waals surface area contributed by atoms with E-state index in [0.717, 1.165) is 37.4 Å². The van der Waals surface area contributed by atoms with E-state index in [2.05, 4.69) is 30.5 Å². The summed E-state index contributed by atoms with van der Waals surface area (Å²) in [6, 6.07) is 16.3. The van der Waals surface area contributed by atoms with E-state index in [4.69, 9.17) is 15.2 Å². The van der Waals surface area contributed by atoms with Crippen LogP contribution in [0.3, 0.4) is 0 Å². The zero-order valence-corrected chi connectivity index (χ0v) is 20.0. The molecule has 3 heterocycles. The maximum atomic E-state index is 13.2. The number of carboxylic acids is 1. The van der Waals surface area contributed by atoms with Crippen molar-refractivity contribution in [3.63, 3.8) is 0 Å². The smallest absolute Gasteiger partial charge is 0.475 e. The van der Waals surface area contributed by atoms with E-state index in [1.165, 1.54) is 6.20 Å². The first kappa shape index (κ1) is 27.9. The number of aliphatic carboxylic acids is 1. The number of hydrogen-bond donors (Lipinski definition) is 3. The van der Waals surface area contributed by atoms with Crippen LogP contribution in [0.2, 0.25) is 0 Å². The molecule has 0 spiro atoms. The van der Waals surface area contributed by atoms with Gasteiger partial charge in [-0.25, -0.2) is 19.7 Å². The minimum atomic E-state index is -5.08. The quantitative estimate of drug-likeness (QED) is 0.440. The van der Waals surface area contributed by atoms with Gasteiger partial charge in [-0.3, -0.25) is 4.79 Å². The van der Waals surface area contributed by atoms with Gasteiger partial charge in [-0.05, 0) is 36.6 Å². The number of halogens is 3. The molecule has 2 aromatic heterocycles. The van der Waals surface area contributed by atoms with Gasteiger partial charge in [-0.1, -0.05) is 30.3 Å². The van der Waals surface area contributed by atoms with Gasteiger partial charge in [0.15, 0.2) is 0 Å². The lowest BCUT2D eigenvalue weighted by Gasteiger charge is -2.33. The molecular weight excluding hydrogens is 503 g/mol. The van der Waals surface area contributed by atoms with Gasteiger partial charge >= 0.3 is 12.1 Å². The van der Waals surface area contributed by atoms with Crippen LogP contribution in [0, 0.1) is 11.3 Å². The van der Waals surface area contributed by atoms with Crippen LogP contribution in [0.5, 0.6) is 0 Å². The molecule has 3 N–H and O–H groups in total. The number of carboxylic acid groups (broad SMARTS) is 1. The third-order valence-electron chi connectivity index (χ3n) is 5.50. The molecular formula is C25H24F3N7O3. The zero-order valence-electron chi connectivity index (χ0n) is 20.0. The Bertz CT molecular complexity index is 1230. The van der Waals surface area contributed by atoms with E-state index in [9.17, 15) is 18.0 Å². The average Bonchev–Trinajstić information content (AvgIpc) is 2.93. The molecule has 1 aliphatic heterocycles. The standard InChI is InChI=1S/C23H23N7O.C2HF3O2/c24-15-17-7-8-20(27-16-17)29-21(18-5-2-1-3-6-18)22(31)28-19-9-13-30(14-10-19)23-25-11-4-12-26-23;3-2(4,5)1(6)7/h1-8,11-12,16,19,21H,9-10,13-14H2,(H,27,29)(H,28,31);(H,6,7). The summed E-state index contributed by atoms with van der Waals surface area (Å²) in [5.74, 6) is -1.60. The number of hydrogen-bond acceptors (Lipinski definition) is 8. The van der Waals surface area contributed by atoms with Crippen molar-refractivity contribution in [1.82, 2.24) is 20.3 Å². The van der Waals surface area contributed by atoms with Gasteiger partial charge in [0.05, 0.1) is 5.56 Å². The van der Waals surface area contributed by atoms with E-state index in [0.29, 0.717) is 11.4 Å². The highest BCUT2D eigenvalue weighted by Crippen LogP contribution is 2.21. The Morgan fingerprint density at radius 2 is 1.66 bits per heavy atom. The molecule has 0 saturated carbocycles. The first-order chi connectivity index (χ1) is 18.2. The van der Waals surface area contributed by atoms with Gasteiger partial charge in [0.2, 0.25) is 11.9 Å². The molecule has 198 valence electrons. The number of pyridine rings is 1. The van der Waals surface area contributed by atoms with Crippen molar-refractivity contribution >= 4 is 23.6 Å². The number of carbonyl (C=O) groups is 2. The Kier molecular flexibility index (Phi) is 9.53. The number of nitrogens with zero attached hydrogens (tertiary/aromatic N) is 5. The fraction of sp³-hybridized carbons (Fsp3) is 0.280. The average molecular weight is 528 g/mol. The lowest BCUT2D eigenvalue weighted by molar-refractivity contribution is -0.192. The number of carbonyl (C=O) groups excluding carboxylic acids is 1. The Balaban J connectivity index is 0.000000505.